The van der Waals surface area contributed by atoms with Crippen LogP contribution in [0.2, 0.25) is 0 Å². The second kappa shape index (κ2) is 12.2. The first kappa shape index (κ1) is 28.9. The van der Waals surface area contributed by atoms with Gasteiger partial charge in [-0.25, -0.2) is 27.8 Å². The van der Waals surface area contributed by atoms with Gasteiger partial charge in [0.1, 0.15) is 51.2 Å². The number of benzene rings is 1. The van der Waals surface area contributed by atoms with E-state index in [1.54, 1.807) is 18.6 Å². The predicted octanol–water partition coefficient (Wildman–Crippen LogP) is 4.43. The molecule has 2 N–H and O–H groups in total. The van der Waals surface area contributed by atoms with Gasteiger partial charge < -0.3 is 19.7 Å². The molecule has 5 unspecified atom stereocenters. The molecular formula is C26H21F3N6O4S3. The van der Waals surface area contributed by atoms with Crippen LogP contribution in [-0.4, -0.2) is 77.6 Å². The van der Waals surface area contributed by atoms with E-state index in [1.807, 2.05) is 16.8 Å². The first-order valence-electron chi connectivity index (χ1n) is 12.4. The Kier molecular flexibility index (Phi) is 8.35. The number of halogens is 3. The van der Waals surface area contributed by atoms with Crippen molar-refractivity contribution in [1.82, 2.24) is 29.9 Å². The Hall–Kier alpha value is -3.25. The number of thioether (sulfide) groups is 1. The highest BCUT2D eigenvalue weighted by Crippen LogP contribution is 2.43. The second-order valence-corrected chi connectivity index (χ2v) is 12.0. The van der Waals surface area contributed by atoms with Crippen molar-refractivity contribution in [3.8, 4) is 32.5 Å². The Balaban J connectivity index is 1.37. The molecule has 0 spiro atoms. The van der Waals surface area contributed by atoms with E-state index in [0.717, 1.165) is 22.7 Å². The lowest BCUT2D eigenvalue weighted by atomic mass is 9.97. The van der Waals surface area contributed by atoms with Crippen LogP contribution >= 0.6 is 34.4 Å². The van der Waals surface area contributed by atoms with E-state index in [2.05, 4.69) is 25.3 Å². The summed E-state index contributed by atoms with van der Waals surface area (Å²) in [6.07, 6.45) is 3.27. The van der Waals surface area contributed by atoms with Crippen LogP contribution in [0.1, 0.15) is 6.04 Å². The zero-order valence-corrected chi connectivity index (χ0v) is 24.0. The van der Waals surface area contributed by atoms with Gasteiger partial charge in [-0.1, -0.05) is 17.0 Å². The molecular weight excluding hydrogens is 614 g/mol. The van der Waals surface area contributed by atoms with Crippen LogP contribution < -0.4 is 0 Å². The molecule has 0 saturated carbocycles. The van der Waals surface area contributed by atoms with Crippen LogP contribution in [0.4, 0.5) is 13.2 Å². The molecule has 1 aliphatic rings. The second-order valence-electron chi connectivity index (χ2n) is 9.11. The van der Waals surface area contributed by atoms with Gasteiger partial charge in [-0.2, -0.15) is 0 Å². The average Bonchev–Trinajstić information content (AvgIpc) is 3.79. The van der Waals surface area contributed by atoms with E-state index in [9.17, 15) is 23.4 Å². The lowest BCUT2D eigenvalue weighted by molar-refractivity contribution is -0.186. The summed E-state index contributed by atoms with van der Waals surface area (Å²) >= 11 is 4.15. The molecule has 1 aliphatic heterocycles. The summed E-state index contributed by atoms with van der Waals surface area (Å²) in [5, 5.41) is 34.5. The Morgan fingerprint density at radius 1 is 1.02 bits per heavy atom. The van der Waals surface area contributed by atoms with Gasteiger partial charge >= 0.3 is 0 Å². The summed E-state index contributed by atoms with van der Waals surface area (Å²) in [4.78, 5) is 14.1. The first-order chi connectivity index (χ1) is 20.4. The van der Waals surface area contributed by atoms with Crippen molar-refractivity contribution in [2.24, 2.45) is 0 Å². The van der Waals surface area contributed by atoms with Crippen LogP contribution in [0, 0.1) is 17.5 Å². The highest BCUT2D eigenvalue weighted by Gasteiger charge is 2.47. The Bertz CT molecular complexity index is 1650. The molecule has 5 heterocycles. The summed E-state index contributed by atoms with van der Waals surface area (Å²) in [5.41, 5.74) is 0.599. The average molecular weight is 635 g/mol. The third-order valence-corrected chi connectivity index (χ3v) is 9.38. The topological polar surface area (TPSA) is 128 Å². The van der Waals surface area contributed by atoms with Crippen molar-refractivity contribution in [1.29, 1.82) is 0 Å². The van der Waals surface area contributed by atoms with E-state index in [1.165, 1.54) is 52.4 Å². The summed E-state index contributed by atoms with van der Waals surface area (Å²) in [7, 11) is 1.44. The van der Waals surface area contributed by atoms with E-state index in [-0.39, 0.29) is 11.3 Å². The molecule has 1 fully saturated rings. The van der Waals surface area contributed by atoms with E-state index < -0.39 is 53.8 Å². The van der Waals surface area contributed by atoms with Crippen LogP contribution in [0.25, 0.3) is 32.5 Å². The van der Waals surface area contributed by atoms with Crippen molar-refractivity contribution < 1.29 is 32.9 Å². The minimum absolute atomic E-state index is 0.0394. The summed E-state index contributed by atoms with van der Waals surface area (Å²) in [6.45, 7) is -0.516. The van der Waals surface area contributed by atoms with Crippen LogP contribution in [-0.2, 0) is 9.47 Å². The van der Waals surface area contributed by atoms with Crippen LogP contribution in [0.3, 0.4) is 0 Å². The first-order valence-corrected chi connectivity index (χ1v) is 15.0. The lowest BCUT2D eigenvalue weighted by Gasteiger charge is -2.43. The number of hydrogen-bond donors (Lipinski definition) is 2. The van der Waals surface area contributed by atoms with Gasteiger partial charge in [0, 0.05) is 52.5 Å². The fraction of sp³-hybridized carbons (Fsp3) is 0.269. The molecule has 42 heavy (non-hydrogen) atoms. The zero-order valence-electron chi connectivity index (χ0n) is 21.5. The number of aromatic nitrogens is 6. The molecule has 1 saturated heterocycles. The predicted molar refractivity (Wildman–Crippen MR) is 149 cm³/mol. The summed E-state index contributed by atoms with van der Waals surface area (Å²) < 4.78 is 54.5. The Labute approximate surface area is 248 Å². The highest BCUT2D eigenvalue weighted by molar-refractivity contribution is 8.00. The number of hydrogen-bond acceptors (Lipinski definition) is 12. The maximum absolute atomic E-state index is 13.9. The number of thiazole rings is 2. The van der Waals surface area contributed by atoms with Gasteiger partial charge in [0.2, 0.25) is 0 Å². The number of pyridine rings is 1. The Morgan fingerprint density at radius 2 is 1.74 bits per heavy atom. The van der Waals surface area contributed by atoms with Gasteiger partial charge in [-0.15, -0.1) is 27.8 Å². The lowest BCUT2D eigenvalue weighted by Crippen LogP contribution is -2.55. The number of nitrogens with zero attached hydrogens (tertiary/aromatic N) is 6. The standard InChI is InChI=1S/C26H21F3N6O4S3/c1-38-23-21(35-10-16(33-34-35)12-6-14(27)19(29)15(28)7-12)22(37)17(11-36)39-26(23)42-18-8-13(24-30-2-4-40-24)9-32-20(18)25-31-3-5-41-25/h2-10,17,21-23,26,36-37H,11H2,1H3. The number of aliphatic hydroxyl groups excluding tert-OH is 2. The van der Waals surface area contributed by atoms with Crippen molar-refractivity contribution in [2.75, 3.05) is 13.7 Å². The molecule has 0 amide bonds. The molecule has 5 aromatic rings. The van der Waals surface area contributed by atoms with Gasteiger partial charge in [-0.05, 0) is 18.2 Å². The highest BCUT2D eigenvalue weighted by atomic mass is 32.2. The normalized spacial score (nSPS) is 22.5. The van der Waals surface area contributed by atoms with Gasteiger partial charge in [-0.3, -0.25) is 4.98 Å². The van der Waals surface area contributed by atoms with Crippen molar-refractivity contribution in [3.05, 3.63) is 71.2 Å². The smallest absolute Gasteiger partial charge is 0.194 e. The third-order valence-electron chi connectivity index (χ3n) is 6.60. The molecule has 5 atom stereocenters. The zero-order chi connectivity index (χ0) is 29.4. The van der Waals surface area contributed by atoms with Crippen LogP contribution in [0.5, 0.6) is 0 Å². The molecule has 0 bridgehead atoms. The van der Waals surface area contributed by atoms with E-state index in [4.69, 9.17) is 9.47 Å². The van der Waals surface area contributed by atoms with Crippen molar-refractivity contribution in [2.45, 2.75) is 34.7 Å². The monoisotopic (exact) mass is 634 g/mol. The van der Waals surface area contributed by atoms with Crippen LogP contribution in [0.15, 0.2) is 58.6 Å². The fourth-order valence-corrected chi connectivity index (χ4v) is 7.25. The maximum atomic E-state index is 13.9. The van der Waals surface area contributed by atoms with E-state index >= 15 is 0 Å². The molecule has 1 aromatic carbocycles. The fourth-order valence-electron chi connectivity index (χ4n) is 4.61. The maximum Gasteiger partial charge on any atom is 0.194 e. The summed E-state index contributed by atoms with van der Waals surface area (Å²) in [5.74, 6) is -4.34. The number of aliphatic hydroxyl groups is 2. The Morgan fingerprint density at radius 3 is 2.38 bits per heavy atom. The van der Waals surface area contributed by atoms with E-state index in [0.29, 0.717) is 15.6 Å². The third kappa shape index (κ3) is 5.46. The molecule has 0 radical (unpaired) electrons. The van der Waals surface area contributed by atoms with Crippen molar-refractivity contribution >= 4 is 34.4 Å². The molecule has 6 rings (SSSR count). The van der Waals surface area contributed by atoms with Gasteiger partial charge in [0.25, 0.3) is 0 Å². The molecule has 16 heteroatoms. The number of ether oxygens (including phenoxy) is 2. The molecule has 0 aliphatic carbocycles. The quantitative estimate of drug-likeness (QED) is 0.237. The van der Waals surface area contributed by atoms with Gasteiger partial charge in [0.05, 0.1) is 12.8 Å². The molecule has 4 aromatic heterocycles. The SMILES string of the molecule is COC1C(Sc2cc(-c3nccs3)cnc2-c2nccs2)OC(CO)C(O)C1n1cc(-c2cc(F)c(F)c(F)c2)nn1. The minimum atomic E-state index is -1.60. The molecule has 218 valence electrons. The minimum Gasteiger partial charge on any atom is -0.394 e. The number of rotatable bonds is 8. The number of methoxy groups -OCH3 is 1. The van der Waals surface area contributed by atoms with Gasteiger partial charge in [0.15, 0.2) is 17.5 Å². The van der Waals surface area contributed by atoms with Crippen molar-refractivity contribution in [3.63, 3.8) is 0 Å². The summed E-state index contributed by atoms with van der Waals surface area (Å²) in [6, 6.07) is 2.59. The largest absolute Gasteiger partial charge is 0.394 e. The molecule has 10 nitrogen and oxygen atoms in total.